The monoisotopic (exact) mass is 1300 g/mol. The van der Waals surface area contributed by atoms with Gasteiger partial charge >= 0.3 is 21.7 Å². The predicted octanol–water partition coefficient (Wildman–Crippen LogP) is 12.9. The van der Waals surface area contributed by atoms with E-state index in [9.17, 15) is 0 Å². The number of hydrogen-bond acceptors (Lipinski definition) is 0. The van der Waals surface area contributed by atoms with E-state index in [4.69, 9.17) is 0 Å². The zero-order valence-electron chi connectivity index (χ0n) is 54.1. The quantitative estimate of drug-likeness (QED) is 0.0613. The molecule has 0 aliphatic heterocycles. The maximum Gasteiger partial charge on any atom is 4.00 e. The third kappa shape index (κ3) is 11.3. The van der Waals surface area contributed by atoms with Gasteiger partial charge in [0.1, 0.15) is 8.07 Å². The molecule has 0 nitrogen and oxygen atoms in total. The van der Waals surface area contributed by atoms with Crippen LogP contribution in [0.3, 0.4) is 0 Å². The number of rotatable bonds is 13. The maximum absolute atomic E-state index is 4.69. The van der Waals surface area contributed by atoms with Crippen LogP contribution in [-0.2, 0) is 21.7 Å². The van der Waals surface area contributed by atoms with Crippen molar-refractivity contribution < 1.29 is 58.9 Å². The maximum atomic E-state index is 4.69. The fourth-order valence-corrected chi connectivity index (χ4v) is 23.3. The van der Waals surface area contributed by atoms with E-state index < -0.39 is 13.1 Å². The molecule has 0 heterocycles. The van der Waals surface area contributed by atoms with Crippen molar-refractivity contribution in [3.8, 4) is 100 Å². The Balaban J connectivity index is 0.00000250. The van der Waals surface area contributed by atoms with E-state index in [2.05, 4.69) is 348 Å². The fraction of sp³-hybridized carbons (Fsp3) is 0.126. The molecular weight excluding hydrogens is 1230 g/mol. The van der Waals surface area contributed by atoms with E-state index in [0.717, 1.165) is 0 Å². The van der Waals surface area contributed by atoms with Crippen LogP contribution in [0.25, 0.3) is 100 Å². The third-order valence-corrected chi connectivity index (χ3v) is 25.9. The van der Waals surface area contributed by atoms with Crippen LogP contribution in [0.15, 0.2) is 290 Å². The Morgan fingerprint density at radius 2 is 0.413 bits per heavy atom. The molecule has 12 aromatic carbocycles. The summed E-state index contributed by atoms with van der Waals surface area (Å²) in [4.78, 5) is 0. The molecule has 0 saturated carbocycles. The van der Waals surface area contributed by atoms with Crippen LogP contribution in [0.2, 0.25) is 5.04 Å². The summed E-state index contributed by atoms with van der Waals surface area (Å²) in [6.45, 7) is 24.6. The molecular formula is C87H75Cl3SiTi. The molecule has 0 amide bonds. The summed E-state index contributed by atoms with van der Waals surface area (Å²) in [6.07, 6.45) is 4.69. The van der Waals surface area contributed by atoms with Crippen molar-refractivity contribution in [1.82, 2.24) is 0 Å². The largest absolute Gasteiger partial charge is 4.00 e. The van der Waals surface area contributed by atoms with Crippen LogP contribution < -0.4 is 52.8 Å². The summed E-state index contributed by atoms with van der Waals surface area (Å²) in [5.74, 6) is 0. The van der Waals surface area contributed by atoms with Gasteiger partial charge in [-0.2, -0.15) is 11.1 Å². The van der Waals surface area contributed by atoms with Crippen molar-refractivity contribution in [2.24, 2.45) is 0 Å². The van der Waals surface area contributed by atoms with Gasteiger partial charge in [-0.1, -0.05) is 299 Å². The van der Waals surface area contributed by atoms with Gasteiger partial charge in [-0.25, -0.2) is 5.57 Å². The zero-order chi connectivity index (χ0) is 60.8. The molecule has 0 bridgehead atoms. The second-order valence-electron chi connectivity index (χ2n) is 24.4. The van der Waals surface area contributed by atoms with Gasteiger partial charge in [0.2, 0.25) is 0 Å². The Bertz CT molecular complexity index is 4210. The number of benzene rings is 12. The Hall–Kier alpha value is -8.08. The van der Waals surface area contributed by atoms with Gasteiger partial charge in [0, 0.05) is 0 Å². The van der Waals surface area contributed by atoms with Crippen LogP contribution in [-0.4, -0.2) is 8.07 Å². The molecule has 1 unspecified atom stereocenters. The second kappa shape index (κ2) is 28.4. The van der Waals surface area contributed by atoms with Crippen molar-refractivity contribution in [2.45, 2.75) is 74.3 Å². The van der Waals surface area contributed by atoms with E-state index in [1.807, 2.05) is 0 Å². The minimum atomic E-state index is -4.32. The average Bonchev–Trinajstić information content (AvgIpc) is 1.02. The average molecular weight is 1300 g/mol. The fourth-order valence-electron chi connectivity index (χ4n) is 15.9. The van der Waals surface area contributed by atoms with Crippen LogP contribution in [0.4, 0.5) is 0 Å². The summed E-state index contributed by atoms with van der Waals surface area (Å²) in [5.41, 5.74) is 33.6. The van der Waals surface area contributed by atoms with Gasteiger partial charge < -0.3 is 37.2 Å². The van der Waals surface area contributed by atoms with E-state index >= 15 is 0 Å². The van der Waals surface area contributed by atoms with E-state index in [1.165, 1.54) is 166 Å². The first-order chi connectivity index (χ1) is 42.9. The Morgan fingerprint density at radius 1 is 0.239 bits per heavy atom. The minimum absolute atomic E-state index is 0. The number of hydrogen-bond donors (Lipinski definition) is 0. The first-order valence-corrected chi connectivity index (χ1v) is 33.2. The van der Waals surface area contributed by atoms with Crippen LogP contribution in [0, 0.1) is 47.6 Å². The van der Waals surface area contributed by atoms with Gasteiger partial charge in [-0.15, -0.1) is 6.92 Å². The Morgan fingerprint density at radius 3 is 0.587 bits per heavy atom. The summed E-state index contributed by atoms with van der Waals surface area (Å²) < 4.78 is 0. The summed E-state index contributed by atoms with van der Waals surface area (Å²) in [5, 5.41) is 3.37. The molecule has 0 aromatic heterocycles. The Kier molecular flexibility index (Phi) is 21.1. The molecule has 1 aliphatic rings. The molecule has 92 heavy (non-hydrogen) atoms. The van der Waals surface area contributed by atoms with Gasteiger partial charge in [0.05, 0.1) is 0 Å². The molecule has 5 heteroatoms. The molecule has 1 aliphatic carbocycles. The standard InChI is InChI=1S/C87H75Si.3ClH.Ti/c1-57-56-87(10,65(9)58(57)2)88(84-62(6)75(66-38-20-11-21-39-66)59(3)78(69-44-26-14-27-45-69)81(84)72-50-32-17-33-51-72,85-63(7)76(67-40-22-12-23-41-67)60(4)79(70-46-28-15-29-47-70)82(85)73-52-34-18-35-53-73)86-64(8)77(68-42-24-13-25-43-68)61(5)80(71-48-30-16-31-49-71)83(86)74-54-36-19-37-55-74;;;;/h11-55H,1-10H3;3*1H;/q-1;;;;+4/p-3. The van der Waals surface area contributed by atoms with Crippen molar-refractivity contribution in [1.29, 1.82) is 0 Å². The first kappa shape index (κ1) is 68.3. The van der Waals surface area contributed by atoms with Crippen molar-refractivity contribution in [3.05, 3.63) is 329 Å². The molecule has 0 saturated heterocycles. The zero-order valence-corrected chi connectivity index (χ0v) is 58.9. The molecule has 0 N–H and O–H groups in total. The topological polar surface area (TPSA) is 0 Å². The summed E-state index contributed by atoms with van der Waals surface area (Å²) in [6, 6.07) is 103. The first-order valence-electron chi connectivity index (χ1n) is 31.2. The van der Waals surface area contributed by atoms with Gasteiger partial charge in [-0.3, -0.25) is 6.08 Å². The van der Waals surface area contributed by atoms with E-state index in [-0.39, 0.29) is 58.9 Å². The number of allylic oxidation sites excluding steroid dienone is 4. The van der Waals surface area contributed by atoms with Gasteiger partial charge in [0.15, 0.2) is 0 Å². The Labute approximate surface area is 581 Å². The predicted molar refractivity (Wildman–Crippen MR) is 380 cm³/mol. The summed E-state index contributed by atoms with van der Waals surface area (Å²) in [7, 11) is -4.32. The van der Waals surface area contributed by atoms with Crippen LogP contribution in [0.5, 0.6) is 0 Å². The van der Waals surface area contributed by atoms with E-state index in [1.54, 1.807) is 0 Å². The smallest absolute Gasteiger partial charge is 1.00 e. The van der Waals surface area contributed by atoms with Gasteiger partial charge in [0.25, 0.3) is 0 Å². The van der Waals surface area contributed by atoms with Crippen LogP contribution >= 0.6 is 0 Å². The molecule has 0 spiro atoms. The number of halogens is 3. The molecule has 0 radical (unpaired) electrons. The molecule has 13 rings (SSSR count). The minimum Gasteiger partial charge on any atom is -1.00 e. The normalized spacial score (nSPS) is 13.5. The van der Waals surface area contributed by atoms with Crippen molar-refractivity contribution in [3.63, 3.8) is 0 Å². The second-order valence-corrected chi connectivity index (χ2v) is 28.4. The molecule has 452 valence electrons. The van der Waals surface area contributed by atoms with E-state index in [0.29, 0.717) is 0 Å². The summed E-state index contributed by atoms with van der Waals surface area (Å²) >= 11 is 0. The molecule has 1 atom stereocenters. The molecule has 0 fully saturated rings. The SMILES string of the molecule is CC1=[C-]C(C)([Si](c2c(C)c(-c3ccccc3)c(C)c(-c3ccccc3)c2-c2ccccc2)(c2c(C)c(-c3ccccc3)c(C)c(-c3ccccc3)c2-c2ccccc2)c2c(C)c(-c3ccccc3)c(C)c(-c3ccccc3)c2-c2ccccc2)C(C)=C1C.[Cl-].[Cl-].[Cl-].[Ti+4]. The third-order valence-electron chi connectivity index (χ3n) is 19.7. The molecule has 12 aromatic rings. The van der Waals surface area contributed by atoms with Crippen LogP contribution in [0.1, 0.15) is 61.1 Å². The van der Waals surface area contributed by atoms with Crippen molar-refractivity contribution in [2.75, 3.05) is 0 Å². The van der Waals surface area contributed by atoms with Gasteiger partial charge in [-0.05, 0) is 191 Å². The van der Waals surface area contributed by atoms with Crippen molar-refractivity contribution >= 4 is 23.6 Å².